The summed E-state index contributed by atoms with van der Waals surface area (Å²) in [4.78, 5) is 11.6. The van der Waals surface area contributed by atoms with Crippen molar-refractivity contribution in [2.45, 2.75) is 11.8 Å². The van der Waals surface area contributed by atoms with Gasteiger partial charge in [-0.15, -0.1) is 0 Å². The van der Waals surface area contributed by atoms with Crippen LogP contribution in [-0.2, 0) is 10.0 Å². The van der Waals surface area contributed by atoms with Crippen LogP contribution in [0.3, 0.4) is 0 Å². The second-order valence-electron chi connectivity index (χ2n) is 7.23. The normalized spacial score (nSPS) is 11.3. The summed E-state index contributed by atoms with van der Waals surface area (Å²) < 4.78 is 49.4. The molecule has 8 nitrogen and oxygen atoms in total. The average Bonchev–Trinajstić information content (AvgIpc) is 3.21. The SMILES string of the molecule is Cc1cnn(-c2cc(C(=O)O)c(NS(=O)(=O)c3ccc(Oc4ccccc4Cl)cc3)cc2F)c1. The number of nitrogens with one attached hydrogen (secondary N) is 1. The highest BCUT2D eigenvalue weighted by molar-refractivity contribution is 7.92. The van der Waals surface area contributed by atoms with Crippen molar-refractivity contribution in [2.24, 2.45) is 0 Å². The number of benzene rings is 3. The predicted octanol–water partition coefficient (Wildman–Crippen LogP) is 5.26. The highest BCUT2D eigenvalue weighted by Gasteiger charge is 2.22. The molecule has 0 spiro atoms. The number of rotatable bonds is 7. The standard InChI is InChI=1S/C23H17ClFN3O5S/c1-14-12-26-28(13-14)21-10-17(23(29)30)20(11-19(21)25)27-34(31,32)16-8-6-15(7-9-16)33-22-5-3-2-4-18(22)24/h2-13,27H,1H3,(H,29,30). The first-order valence-electron chi connectivity index (χ1n) is 9.78. The molecule has 2 N–H and O–H groups in total. The van der Waals surface area contributed by atoms with Crippen molar-refractivity contribution in [3.05, 3.63) is 95.0 Å². The van der Waals surface area contributed by atoms with E-state index in [1.165, 1.54) is 41.3 Å². The molecular weight excluding hydrogens is 485 g/mol. The Balaban J connectivity index is 1.62. The zero-order chi connectivity index (χ0) is 24.5. The van der Waals surface area contributed by atoms with Gasteiger partial charge in [-0.05, 0) is 55.0 Å². The number of aromatic nitrogens is 2. The number of halogens is 2. The van der Waals surface area contributed by atoms with Crippen molar-refractivity contribution in [1.29, 1.82) is 0 Å². The zero-order valence-electron chi connectivity index (χ0n) is 17.6. The number of carbonyl (C=O) groups is 1. The maximum absolute atomic E-state index is 14.7. The minimum absolute atomic E-state index is 0.130. The van der Waals surface area contributed by atoms with E-state index in [0.717, 1.165) is 17.7 Å². The molecule has 0 amide bonds. The van der Waals surface area contributed by atoms with Gasteiger partial charge in [0, 0.05) is 12.3 Å². The van der Waals surface area contributed by atoms with E-state index in [0.29, 0.717) is 16.5 Å². The maximum atomic E-state index is 14.7. The zero-order valence-corrected chi connectivity index (χ0v) is 19.1. The quantitative estimate of drug-likeness (QED) is 0.357. The summed E-state index contributed by atoms with van der Waals surface area (Å²) in [5, 5.41) is 13.9. The Bertz CT molecular complexity index is 1490. The van der Waals surface area contributed by atoms with Gasteiger partial charge in [-0.1, -0.05) is 23.7 Å². The van der Waals surface area contributed by atoms with Crippen molar-refractivity contribution >= 4 is 33.3 Å². The lowest BCUT2D eigenvalue weighted by molar-refractivity contribution is 0.0698. The van der Waals surface area contributed by atoms with Crippen molar-refractivity contribution < 1.29 is 27.4 Å². The number of nitrogens with zero attached hydrogens (tertiary/aromatic N) is 2. The average molecular weight is 502 g/mol. The smallest absolute Gasteiger partial charge is 0.337 e. The first-order chi connectivity index (χ1) is 16.1. The van der Waals surface area contributed by atoms with Crippen LogP contribution in [-0.4, -0.2) is 29.3 Å². The maximum Gasteiger partial charge on any atom is 0.337 e. The Morgan fingerprint density at radius 3 is 2.47 bits per heavy atom. The number of anilines is 1. The highest BCUT2D eigenvalue weighted by atomic mass is 35.5. The molecule has 34 heavy (non-hydrogen) atoms. The number of aromatic carboxylic acids is 1. The molecule has 0 atom stereocenters. The fraction of sp³-hybridized carbons (Fsp3) is 0.0435. The summed E-state index contributed by atoms with van der Waals surface area (Å²) in [6.45, 7) is 1.74. The van der Waals surface area contributed by atoms with Crippen molar-refractivity contribution in [2.75, 3.05) is 4.72 Å². The molecule has 0 unspecified atom stereocenters. The van der Waals surface area contributed by atoms with Gasteiger partial charge in [-0.2, -0.15) is 5.10 Å². The summed E-state index contributed by atoms with van der Waals surface area (Å²) in [5.41, 5.74) is -0.252. The Labute approximate surface area is 199 Å². The summed E-state index contributed by atoms with van der Waals surface area (Å²) in [6, 6.07) is 14.0. The Morgan fingerprint density at radius 2 is 1.85 bits per heavy atom. The number of sulfonamides is 1. The molecule has 1 heterocycles. The second-order valence-corrected chi connectivity index (χ2v) is 9.32. The van der Waals surface area contributed by atoms with Gasteiger partial charge in [0.25, 0.3) is 10.0 Å². The van der Waals surface area contributed by atoms with Crippen LogP contribution in [0.4, 0.5) is 10.1 Å². The molecule has 0 radical (unpaired) electrons. The molecule has 0 saturated carbocycles. The number of carboxylic acids is 1. The van der Waals surface area contributed by atoms with Crippen molar-refractivity contribution in [3.63, 3.8) is 0 Å². The molecule has 0 bridgehead atoms. The predicted molar refractivity (Wildman–Crippen MR) is 124 cm³/mol. The summed E-state index contributed by atoms with van der Waals surface area (Å²) in [5.74, 6) is -1.56. The molecule has 0 fully saturated rings. The van der Waals surface area contributed by atoms with Crippen LogP contribution in [0.25, 0.3) is 5.69 Å². The number of aryl methyl sites for hydroxylation is 1. The van der Waals surface area contributed by atoms with E-state index in [4.69, 9.17) is 16.3 Å². The van der Waals surface area contributed by atoms with Gasteiger partial charge in [0.05, 0.1) is 27.4 Å². The lowest BCUT2D eigenvalue weighted by Crippen LogP contribution is -2.16. The largest absolute Gasteiger partial charge is 0.478 e. The van der Waals surface area contributed by atoms with E-state index < -0.39 is 33.1 Å². The Hall–Kier alpha value is -3.89. The summed E-state index contributed by atoms with van der Waals surface area (Å²) in [6.07, 6.45) is 3.00. The van der Waals surface area contributed by atoms with E-state index in [2.05, 4.69) is 9.82 Å². The molecule has 0 aliphatic rings. The molecule has 11 heteroatoms. The molecule has 0 saturated heterocycles. The molecular formula is C23H17ClFN3O5S. The van der Waals surface area contributed by atoms with E-state index in [9.17, 15) is 22.7 Å². The molecule has 1 aromatic heterocycles. The molecule has 0 aliphatic heterocycles. The van der Waals surface area contributed by atoms with E-state index in [1.807, 2.05) is 0 Å². The van der Waals surface area contributed by atoms with Gasteiger partial charge >= 0.3 is 5.97 Å². The van der Waals surface area contributed by atoms with Gasteiger partial charge < -0.3 is 9.84 Å². The highest BCUT2D eigenvalue weighted by Crippen LogP contribution is 2.30. The fourth-order valence-electron chi connectivity index (χ4n) is 3.09. The van der Waals surface area contributed by atoms with Crippen molar-refractivity contribution in [3.8, 4) is 17.2 Å². The first kappa shape index (κ1) is 23.3. The van der Waals surface area contributed by atoms with Crippen LogP contribution in [0.5, 0.6) is 11.5 Å². The van der Waals surface area contributed by atoms with Crippen LogP contribution in [0, 0.1) is 12.7 Å². The number of hydrogen-bond donors (Lipinski definition) is 2. The number of hydrogen-bond acceptors (Lipinski definition) is 5. The van der Waals surface area contributed by atoms with E-state index in [-0.39, 0.29) is 10.6 Å². The Kier molecular flexibility index (Phi) is 6.27. The van der Waals surface area contributed by atoms with Crippen LogP contribution < -0.4 is 9.46 Å². The summed E-state index contributed by atoms with van der Waals surface area (Å²) >= 11 is 6.06. The van der Waals surface area contributed by atoms with E-state index >= 15 is 0 Å². The van der Waals surface area contributed by atoms with Gasteiger partial charge in [0.15, 0.2) is 5.82 Å². The number of carboxylic acid groups (broad SMARTS) is 1. The minimum Gasteiger partial charge on any atom is -0.478 e. The number of para-hydroxylation sites is 1. The van der Waals surface area contributed by atoms with Crippen molar-refractivity contribution in [1.82, 2.24) is 9.78 Å². The topological polar surface area (TPSA) is 111 Å². The molecule has 4 rings (SSSR count). The Morgan fingerprint density at radius 1 is 1.15 bits per heavy atom. The third kappa shape index (κ3) is 4.87. The third-order valence-electron chi connectivity index (χ3n) is 4.72. The van der Waals surface area contributed by atoms with Gasteiger partial charge in [0.2, 0.25) is 0 Å². The number of ether oxygens (including phenoxy) is 1. The lowest BCUT2D eigenvalue weighted by Gasteiger charge is -2.14. The summed E-state index contributed by atoms with van der Waals surface area (Å²) in [7, 11) is -4.24. The second kappa shape index (κ2) is 9.16. The first-order valence-corrected chi connectivity index (χ1v) is 11.6. The molecule has 4 aromatic rings. The van der Waals surface area contributed by atoms with Crippen LogP contribution >= 0.6 is 11.6 Å². The minimum atomic E-state index is -4.24. The molecule has 174 valence electrons. The van der Waals surface area contributed by atoms with E-state index in [1.54, 1.807) is 31.2 Å². The fourth-order valence-corrected chi connectivity index (χ4v) is 4.33. The van der Waals surface area contributed by atoms with Gasteiger partial charge in [-0.3, -0.25) is 4.72 Å². The third-order valence-corrected chi connectivity index (χ3v) is 6.41. The van der Waals surface area contributed by atoms with Gasteiger partial charge in [0.1, 0.15) is 17.2 Å². The monoisotopic (exact) mass is 501 g/mol. The van der Waals surface area contributed by atoms with Gasteiger partial charge in [-0.25, -0.2) is 22.3 Å². The van der Waals surface area contributed by atoms with Crippen LogP contribution in [0.2, 0.25) is 5.02 Å². The van der Waals surface area contributed by atoms with Crippen LogP contribution in [0.15, 0.2) is 78.0 Å². The lowest BCUT2D eigenvalue weighted by atomic mass is 10.1. The molecule has 3 aromatic carbocycles. The van der Waals surface area contributed by atoms with Crippen LogP contribution in [0.1, 0.15) is 15.9 Å². The molecule has 0 aliphatic carbocycles.